The van der Waals surface area contributed by atoms with Crippen molar-refractivity contribution in [2.45, 2.75) is 25.3 Å². The molecule has 3 N–H and O–H groups in total. The predicted octanol–water partition coefficient (Wildman–Crippen LogP) is 3.26. The summed E-state index contributed by atoms with van der Waals surface area (Å²) in [5.74, 6) is 0. The molecule has 1 atom stereocenters. The van der Waals surface area contributed by atoms with E-state index in [9.17, 15) is 4.79 Å². The zero-order chi connectivity index (χ0) is 13.7. The van der Waals surface area contributed by atoms with Crippen LogP contribution < -0.4 is 16.0 Å². The molecule has 1 aromatic carbocycles. The summed E-state index contributed by atoms with van der Waals surface area (Å²) >= 11 is 11.7. The van der Waals surface area contributed by atoms with Crippen LogP contribution in [0.4, 0.5) is 10.5 Å². The van der Waals surface area contributed by atoms with E-state index in [-0.39, 0.29) is 6.03 Å². The van der Waals surface area contributed by atoms with Gasteiger partial charge in [-0.15, -0.1) is 0 Å². The van der Waals surface area contributed by atoms with Gasteiger partial charge in [-0.05, 0) is 44.0 Å². The second-order valence-electron chi connectivity index (χ2n) is 4.59. The van der Waals surface area contributed by atoms with E-state index < -0.39 is 0 Å². The third-order valence-electron chi connectivity index (χ3n) is 3.12. The Morgan fingerprint density at radius 3 is 2.89 bits per heavy atom. The molecule has 0 unspecified atom stereocenters. The number of carbonyl (C=O) groups excluding carboxylic acids is 1. The van der Waals surface area contributed by atoms with Gasteiger partial charge in [0.05, 0.1) is 10.0 Å². The fraction of sp³-hybridized carbons (Fsp3) is 0.462. The molecular formula is C13H17Cl2N3O. The summed E-state index contributed by atoms with van der Waals surface area (Å²) in [4.78, 5) is 11.7. The molecule has 0 aliphatic carbocycles. The molecule has 1 saturated heterocycles. The molecule has 0 saturated carbocycles. The van der Waals surface area contributed by atoms with Crippen molar-refractivity contribution in [3.63, 3.8) is 0 Å². The molecule has 104 valence electrons. The molecule has 19 heavy (non-hydrogen) atoms. The summed E-state index contributed by atoms with van der Waals surface area (Å²) < 4.78 is 0. The van der Waals surface area contributed by atoms with E-state index in [1.807, 2.05) is 0 Å². The molecule has 6 heteroatoms. The predicted molar refractivity (Wildman–Crippen MR) is 79.1 cm³/mol. The number of benzene rings is 1. The molecule has 0 radical (unpaired) electrons. The molecule has 1 aromatic rings. The lowest BCUT2D eigenvalue weighted by Crippen LogP contribution is -2.33. The Labute approximate surface area is 122 Å². The largest absolute Gasteiger partial charge is 0.338 e. The van der Waals surface area contributed by atoms with Crippen molar-refractivity contribution in [1.82, 2.24) is 10.6 Å². The Bertz CT molecular complexity index is 448. The standard InChI is InChI=1S/C13H17Cl2N3O/c14-11-4-3-10(8-12(11)15)18-13(19)17-7-5-9-2-1-6-16-9/h3-4,8-9,16H,1-2,5-7H2,(H2,17,18,19)/t9-/m1/s1. The van der Waals surface area contributed by atoms with E-state index >= 15 is 0 Å². The zero-order valence-corrected chi connectivity index (χ0v) is 12.0. The average Bonchev–Trinajstić information content (AvgIpc) is 2.87. The van der Waals surface area contributed by atoms with Crippen LogP contribution in [-0.2, 0) is 0 Å². The fourth-order valence-electron chi connectivity index (χ4n) is 2.11. The Morgan fingerprint density at radius 2 is 2.21 bits per heavy atom. The second-order valence-corrected chi connectivity index (χ2v) is 5.41. The summed E-state index contributed by atoms with van der Waals surface area (Å²) in [6.45, 7) is 1.74. The maximum absolute atomic E-state index is 11.7. The number of nitrogens with one attached hydrogen (secondary N) is 3. The van der Waals surface area contributed by atoms with Gasteiger partial charge < -0.3 is 16.0 Å². The van der Waals surface area contributed by atoms with Gasteiger partial charge in [0.2, 0.25) is 0 Å². The Morgan fingerprint density at radius 1 is 1.37 bits per heavy atom. The summed E-state index contributed by atoms with van der Waals surface area (Å²) in [7, 11) is 0. The van der Waals surface area contributed by atoms with Crippen LogP contribution in [0, 0.1) is 0 Å². The van der Waals surface area contributed by atoms with Gasteiger partial charge in [0.25, 0.3) is 0 Å². The van der Waals surface area contributed by atoms with Gasteiger partial charge >= 0.3 is 6.03 Å². The molecule has 1 aliphatic heterocycles. The molecule has 0 spiro atoms. The van der Waals surface area contributed by atoms with Crippen molar-refractivity contribution in [2.75, 3.05) is 18.4 Å². The number of urea groups is 1. The quantitative estimate of drug-likeness (QED) is 0.799. The molecule has 0 bridgehead atoms. The molecule has 1 aliphatic rings. The van der Waals surface area contributed by atoms with Crippen LogP contribution >= 0.6 is 23.2 Å². The second kappa shape index (κ2) is 6.98. The summed E-state index contributed by atoms with van der Waals surface area (Å²) in [5, 5.41) is 9.84. The molecular weight excluding hydrogens is 285 g/mol. The number of carbonyl (C=O) groups is 1. The van der Waals surface area contributed by atoms with Crippen molar-refractivity contribution < 1.29 is 4.79 Å². The SMILES string of the molecule is O=C(NCC[C@H]1CCCN1)Nc1ccc(Cl)c(Cl)c1. The maximum atomic E-state index is 11.7. The molecule has 1 fully saturated rings. The van der Waals surface area contributed by atoms with Crippen LogP contribution in [0.1, 0.15) is 19.3 Å². The van der Waals surface area contributed by atoms with E-state index in [4.69, 9.17) is 23.2 Å². The molecule has 0 aromatic heterocycles. The highest BCUT2D eigenvalue weighted by atomic mass is 35.5. The molecule has 2 amide bonds. The van der Waals surface area contributed by atoms with Gasteiger partial charge in [0.15, 0.2) is 0 Å². The lowest BCUT2D eigenvalue weighted by atomic mass is 10.1. The van der Waals surface area contributed by atoms with E-state index in [1.54, 1.807) is 18.2 Å². The fourth-order valence-corrected chi connectivity index (χ4v) is 2.41. The molecule has 1 heterocycles. The van der Waals surface area contributed by atoms with E-state index in [0.29, 0.717) is 28.3 Å². The molecule has 4 nitrogen and oxygen atoms in total. The summed E-state index contributed by atoms with van der Waals surface area (Å²) in [6.07, 6.45) is 3.37. The van der Waals surface area contributed by atoms with E-state index in [1.165, 1.54) is 12.8 Å². The van der Waals surface area contributed by atoms with Gasteiger partial charge in [-0.3, -0.25) is 0 Å². The Hall–Kier alpha value is -0.970. The van der Waals surface area contributed by atoms with Crippen LogP contribution in [0.5, 0.6) is 0 Å². The van der Waals surface area contributed by atoms with Crippen LogP contribution in [0.15, 0.2) is 18.2 Å². The first-order chi connectivity index (χ1) is 9.15. The first-order valence-corrected chi connectivity index (χ1v) is 7.14. The van der Waals surface area contributed by atoms with Gasteiger partial charge in [0.1, 0.15) is 0 Å². The Balaban J connectivity index is 1.72. The van der Waals surface area contributed by atoms with E-state index in [2.05, 4.69) is 16.0 Å². The van der Waals surface area contributed by atoms with Gasteiger partial charge in [0, 0.05) is 18.3 Å². The minimum atomic E-state index is -0.226. The third-order valence-corrected chi connectivity index (χ3v) is 3.86. The number of amides is 2. The minimum Gasteiger partial charge on any atom is -0.338 e. The molecule has 2 rings (SSSR count). The Kier molecular flexibility index (Phi) is 5.31. The van der Waals surface area contributed by atoms with Crippen molar-refractivity contribution >= 4 is 34.9 Å². The zero-order valence-electron chi connectivity index (χ0n) is 10.5. The lowest BCUT2D eigenvalue weighted by molar-refractivity contribution is 0.251. The van der Waals surface area contributed by atoms with Crippen molar-refractivity contribution in [2.24, 2.45) is 0 Å². The van der Waals surface area contributed by atoms with Crippen LogP contribution in [0.3, 0.4) is 0 Å². The highest BCUT2D eigenvalue weighted by Crippen LogP contribution is 2.24. The third kappa shape index (κ3) is 4.56. The normalized spacial score (nSPS) is 18.3. The number of halogens is 2. The number of rotatable bonds is 4. The smallest absolute Gasteiger partial charge is 0.319 e. The van der Waals surface area contributed by atoms with Crippen molar-refractivity contribution in [3.05, 3.63) is 28.2 Å². The van der Waals surface area contributed by atoms with Gasteiger partial charge in [-0.1, -0.05) is 23.2 Å². The highest BCUT2D eigenvalue weighted by molar-refractivity contribution is 6.42. The van der Waals surface area contributed by atoms with Gasteiger partial charge in [-0.25, -0.2) is 4.79 Å². The summed E-state index contributed by atoms with van der Waals surface area (Å²) in [6, 6.07) is 5.30. The number of hydrogen-bond acceptors (Lipinski definition) is 2. The topological polar surface area (TPSA) is 53.2 Å². The maximum Gasteiger partial charge on any atom is 0.319 e. The number of anilines is 1. The van der Waals surface area contributed by atoms with Crippen LogP contribution in [0.2, 0.25) is 10.0 Å². The highest BCUT2D eigenvalue weighted by Gasteiger charge is 2.13. The first kappa shape index (κ1) is 14.4. The monoisotopic (exact) mass is 301 g/mol. The first-order valence-electron chi connectivity index (χ1n) is 6.38. The van der Waals surface area contributed by atoms with Gasteiger partial charge in [-0.2, -0.15) is 0 Å². The minimum absolute atomic E-state index is 0.226. The van der Waals surface area contributed by atoms with E-state index in [0.717, 1.165) is 13.0 Å². The average molecular weight is 302 g/mol. The summed E-state index contributed by atoms with van der Waals surface area (Å²) in [5.41, 5.74) is 0.630. The van der Waals surface area contributed by atoms with Crippen LogP contribution in [0.25, 0.3) is 0 Å². The lowest BCUT2D eigenvalue weighted by Gasteiger charge is -2.11. The van der Waals surface area contributed by atoms with Crippen LogP contribution in [-0.4, -0.2) is 25.2 Å². The van der Waals surface area contributed by atoms with Crippen molar-refractivity contribution in [3.8, 4) is 0 Å². The number of hydrogen-bond donors (Lipinski definition) is 3. The van der Waals surface area contributed by atoms with Crippen molar-refractivity contribution in [1.29, 1.82) is 0 Å².